The molecular formula is C17H26F2N2. The molecule has 1 heterocycles. The van der Waals surface area contributed by atoms with Gasteiger partial charge in [-0.2, -0.15) is 0 Å². The summed E-state index contributed by atoms with van der Waals surface area (Å²) in [6.45, 7) is 6.10. The Bertz CT molecular complexity index is 431. The van der Waals surface area contributed by atoms with E-state index < -0.39 is 11.6 Å². The van der Waals surface area contributed by atoms with Crippen molar-refractivity contribution in [2.24, 2.45) is 0 Å². The number of hydrogen-bond acceptors (Lipinski definition) is 2. The number of likely N-dealkylation sites (tertiary alicyclic amines) is 1. The van der Waals surface area contributed by atoms with Gasteiger partial charge >= 0.3 is 0 Å². The van der Waals surface area contributed by atoms with Crippen LogP contribution in [-0.2, 0) is 0 Å². The van der Waals surface area contributed by atoms with Crippen molar-refractivity contribution < 1.29 is 8.78 Å². The lowest BCUT2D eigenvalue weighted by molar-refractivity contribution is 0.216. The van der Waals surface area contributed by atoms with E-state index >= 15 is 0 Å². The molecule has 118 valence electrons. The van der Waals surface area contributed by atoms with Gasteiger partial charge in [0.2, 0.25) is 0 Å². The summed E-state index contributed by atoms with van der Waals surface area (Å²) in [5.41, 5.74) is 0.459. The Hall–Kier alpha value is -1.00. The van der Waals surface area contributed by atoms with Gasteiger partial charge in [-0.1, -0.05) is 25.5 Å². The average molecular weight is 296 g/mol. The van der Waals surface area contributed by atoms with E-state index in [1.807, 2.05) is 0 Å². The Kier molecular flexibility index (Phi) is 6.58. The minimum atomic E-state index is -0.756. The first-order valence-electron chi connectivity index (χ1n) is 8.12. The Morgan fingerprint density at radius 1 is 1.19 bits per heavy atom. The van der Waals surface area contributed by atoms with Gasteiger partial charge in [-0.3, -0.25) is 0 Å². The van der Waals surface area contributed by atoms with Crippen LogP contribution in [0.15, 0.2) is 18.2 Å². The summed E-state index contributed by atoms with van der Waals surface area (Å²) < 4.78 is 27.5. The first kappa shape index (κ1) is 16.4. The maximum absolute atomic E-state index is 14.0. The fourth-order valence-electron chi connectivity index (χ4n) is 2.97. The summed E-state index contributed by atoms with van der Waals surface area (Å²) in [6.07, 6.45) is 5.62. The molecule has 1 fully saturated rings. The van der Waals surface area contributed by atoms with E-state index in [2.05, 4.69) is 17.1 Å². The number of rotatable bonds is 7. The van der Waals surface area contributed by atoms with Gasteiger partial charge in [-0.05, 0) is 57.9 Å². The van der Waals surface area contributed by atoms with Gasteiger partial charge in [-0.25, -0.2) is 8.78 Å². The maximum atomic E-state index is 14.0. The highest BCUT2D eigenvalue weighted by atomic mass is 19.2. The molecule has 1 unspecified atom stereocenters. The third-order valence-electron chi connectivity index (χ3n) is 4.18. The van der Waals surface area contributed by atoms with Gasteiger partial charge in [0.05, 0.1) is 0 Å². The molecule has 0 spiro atoms. The Morgan fingerprint density at radius 2 is 1.95 bits per heavy atom. The molecule has 1 atom stereocenters. The molecule has 1 aliphatic rings. The van der Waals surface area contributed by atoms with Crippen LogP contribution in [0.1, 0.15) is 50.6 Å². The minimum Gasteiger partial charge on any atom is -0.310 e. The zero-order valence-corrected chi connectivity index (χ0v) is 12.9. The van der Waals surface area contributed by atoms with E-state index in [0.717, 1.165) is 39.0 Å². The number of hydrogen-bond donors (Lipinski definition) is 1. The molecule has 0 bridgehead atoms. The summed E-state index contributed by atoms with van der Waals surface area (Å²) in [6, 6.07) is 4.36. The Morgan fingerprint density at radius 3 is 2.67 bits per heavy atom. The fraction of sp³-hybridized carbons (Fsp3) is 0.647. The highest BCUT2D eigenvalue weighted by molar-refractivity contribution is 5.22. The molecule has 0 aromatic heterocycles. The van der Waals surface area contributed by atoms with Crippen LogP contribution in [0.25, 0.3) is 0 Å². The molecule has 2 rings (SSSR count). The van der Waals surface area contributed by atoms with Crippen LogP contribution in [0.5, 0.6) is 0 Å². The highest BCUT2D eigenvalue weighted by Gasteiger charge is 2.19. The zero-order valence-electron chi connectivity index (χ0n) is 12.9. The van der Waals surface area contributed by atoms with Crippen LogP contribution in [0.3, 0.4) is 0 Å². The zero-order chi connectivity index (χ0) is 15.1. The average Bonchev–Trinajstić information content (AvgIpc) is 2.52. The second kappa shape index (κ2) is 8.44. The summed E-state index contributed by atoms with van der Waals surface area (Å²) in [5, 5.41) is 3.36. The van der Waals surface area contributed by atoms with Crippen molar-refractivity contribution in [3.63, 3.8) is 0 Å². The van der Waals surface area contributed by atoms with Crippen molar-refractivity contribution in [1.29, 1.82) is 0 Å². The maximum Gasteiger partial charge on any atom is 0.163 e. The van der Waals surface area contributed by atoms with Crippen molar-refractivity contribution in [2.75, 3.05) is 26.2 Å². The van der Waals surface area contributed by atoms with Gasteiger partial charge in [0, 0.05) is 11.6 Å². The minimum absolute atomic E-state index is 0.109. The lowest BCUT2D eigenvalue weighted by Gasteiger charge is -2.29. The predicted octanol–water partition coefficient (Wildman–Crippen LogP) is 3.88. The molecule has 0 saturated carbocycles. The monoisotopic (exact) mass is 296 g/mol. The Balaban J connectivity index is 2.01. The van der Waals surface area contributed by atoms with Gasteiger partial charge in [-0.15, -0.1) is 0 Å². The fourth-order valence-corrected chi connectivity index (χ4v) is 2.97. The summed E-state index contributed by atoms with van der Waals surface area (Å²) in [7, 11) is 0. The van der Waals surface area contributed by atoms with Crippen LogP contribution >= 0.6 is 0 Å². The molecule has 4 heteroatoms. The van der Waals surface area contributed by atoms with E-state index in [4.69, 9.17) is 0 Å². The first-order chi connectivity index (χ1) is 10.2. The molecule has 1 aromatic carbocycles. The van der Waals surface area contributed by atoms with E-state index in [1.165, 1.54) is 25.3 Å². The van der Waals surface area contributed by atoms with E-state index in [9.17, 15) is 8.78 Å². The molecule has 0 radical (unpaired) electrons. The molecule has 2 nitrogen and oxygen atoms in total. The molecule has 21 heavy (non-hydrogen) atoms. The normalized spacial score (nSPS) is 17.9. The molecule has 1 N–H and O–H groups in total. The van der Waals surface area contributed by atoms with Crippen molar-refractivity contribution in [3.8, 4) is 0 Å². The summed E-state index contributed by atoms with van der Waals surface area (Å²) in [5.74, 6) is -1.46. The van der Waals surface area contributed by atoms with Gasteiger partial charge < -0.3 is 10.2 Å². The molecule has 0 aliphatic carbocycles. The van der Waals surface area contributed by atoms with Gasteiger partial charge in [0.15, 0.2) is 11.6 Å². The number of nitrogens with one attached hydrogen (secondary N) is 1. The number of piperidine rings is 1. The Labute approximate surface area is 126 Å². The van der Waals surface area contributed by atoms with E-state index in [0.29, 0.717) is 5.56 Å². The molecule has 1 aromatic rings. The molecular weight excluding hydrogens is 270 g/mol. The number of nitrogens with zero attached hydrogens (tertiary/aromatic N) is 1. The third-order valence-corrected chi connectivity index (χ3v) is 4.18. The van der Waals surface area contributed by atoms with Crippen molar-refractivity contribution in [3.05, 3.63) is 35.4 Å². The summed E-state index contributed by atoms with van der Waals surface area (Å²) >= 11 is 0. The first-order valence-corrected chi connectivity index (χ1v) is 8.12. The largest absolute Gasteiger partial charge is 0.310 e. The second-order valence-corrected chi connectivity index (χ2v) is 5.84. The van der Waals surface area contributed by atoms with Crippen molar-refractivity contribution >= 4 is 0 Å². The van der Waals surface area contributed by atoms with Crippen LogP contribution in [0.4, 0.5) is 8.78 Å². The molecule has 0 amide bonds. The lowest BCUT2D eigenvalue weighted by atomic mass is 10.0. The molecule has 1 saturated heterocycles. The van der Waals surface area contributed by atoms with Crippen molar-refractivity contribution in [1.82, 2.24) is 10.2 Å². The van der Waals surface area contributed by atoms with E-state index in [-0.39, 0.29) is 6.04 Å². The number of benzene rings is 1. The van der Waals surface area contributed by atoms with Gasteiger partial charge in [0.25, 0.3) is 0 Å². The quantitative estimate of drug-likeness (QED) is 0.821. The highest BCUT2D eigenvalue weighted by Crippen LogP contribution is 2.23. The lowest BCUT2D eigenvalue weighted by Crippen LogP contribution is -2.33. The van der Waals surface area contributed by atoms with Crippen LogP contribution in [-0.4, -0.2) is 31.1 Å². The predicted molar refractivity (Wildman–Crippen MR) is 82.3 cm³/mol. The van der Waals surface area contributed by atoms with Gasteiger partial charge in [0.1, 0.15) is 0 Å². The van der Waals surface area contributed by atoms with Crippen LogP contribution in [0, 0.1) is 11.6 Å². The third kappa shape index (κ3) is 4.75. The molecule has 1 aliphatic heterocycles. The second-order valence-electron chi connectivity index (χ2n) is 5.84. The van der Waals surface area contributed by atoms with E-state index in [1.54, 1.807) is 12.1 Å². The SMILES string of the molecule is CCCNC(CCN1CCCCC1)c1cccc(F)c1F. The number of halogens is 2. The smallest absolute Gasteiger partial charge is 0.163 e. The van der Waals surface area contributed by atoms with Crippen LogP contribution in [0.2, 0.25) is 0 Å². The topological polar surface area (TPSA) is 15.3 Å². The van der Waals surface area contributed by atoms with Crippen molar-refractivity contribution in [2.45, 2.75) is 45.1 Å². The van der Waals surface area contributed by atoms with Crippen LogP contribution < -0.4 is 5.32 Å². The summed E-state index contributed by atoms with van der Waals surface area (Å²) in [4.78, 5) is 2.43. The standard InChI is InChI=1S/C17H26F2N2/c1-2-10-20-16(9-13-21-11-4-3-5-12-21)14-7-6-8-15(18)17(14)19/h6-8,16,20H,2-5,9-13H2,1H3.